The SMILES string of the molecule is CC.CC(=O)OCc1ccc(NC(=O)CCCCCN)cc1.COCCOCCOCCOCCOCCOCCOCCOCCN(CC(=O)NC(C(N)=O)C(C)C)C(=O)CCCCCN1C(=O)CC(C)C1=O. The van der Waals surface area contributed by atoms with Crippen LogP contribution in [0.15, 0.2) is 24.3 Å². The van der Waals surface area contributed by atoms with E-state index in [1.165, 1.54) is 16.7 Å². The number of hydrogen-bond acceptors (Lipinski definition) is 17. The molecule has 0 aromatic heterocycles. The second-order valence-electron chi connectivity index (χ2n) is 17.2. The minimum atomic E-state index is -0.855. The molecule has 74 heavy (non-hydrogen) atoms. The van der Waals surface area contributed by atoms with Crippen molar-refractivity contribution in [1.82, 2.24) is 15.1 Å². The van der Waals surface area contributed by atoms with Crippen LogP contribution >= 0.6 is 0 Å². The molecule has 2 unspecified atom stereocenters. The van der Waals surface area contributed by atoms with Gasteiger partial charge in [-0.05, 0) is 55.8 Å². The van der Waals surface area contributed by atoms with Gasteiger partial charge in [0, 0.05) is 58.0 Å². The molecular formula is C52H92N6O16. The molecule has 1 saturated heterocycles. The van der Waals surface area contributed by atoms with Crippen molar-refractivity contribution >= 4 is 47.1 Å². The molecular weight excluding hydrogens is 965 g/mol. The second kappa shape index (κ2) is 46.8. The standard InChI is InChI=1S/C35H64N4O13.C15H22N2O3.C2H6/c1-28(2)33(34(36)43)37-30(40)27-38(31(41)8-6-5-7-9-39-32(42)26-29(3)35(39)44)10-11-46-14-15-48-18-19-50-22-23-52-25-24-51-21-20-49-17-16-47-13-12-45-4;1-12(18)20-11-13-6-8-14(9-7-13)17-15(19)5-3-2-4-10-16;1-2/h28-29,33H,5-27H2,1-4H3,(H2,36,43)(H,37,40);6-9H,2-5,10-11,16H2,1H3,(H,17,19);1-2H3. The number of carbonyl (C=O) groups is 7. The molecule has 0 bridgehead atoms. The molecule has 0 saturated carbocycles. The lowest BCUT2D eigenvalue weighted by molar-refractivity contribution is -0.142. The molecule has 1 heterocycles. The van der Waals surface area contributed by atoms with Crippen LogP contribution in [-0.2, 0) is 82.8 Å². The van der Waals surface area contributed by atoms with Gasteiger partial charge in [0.1, 0.15) is 12.6 Å². The molecule has 1 aromatic rings. The molecule has 2 atom stereocenters. The Morgan fingerprint density at radius 3 is 1.62 bits per heavy atom. The average Bonchev–Trinajstić information content (AvgIpc) is 3.62. The lowest BCUT2D eigenvalue weighted by Crippen LogP contribution is -2.51. The normalized spacial score (nSPS) is 13.4. The van der Waals surface area contributed by atoms with Crippen molar-refractivity contribution in [2.45, 2.75) is 112 Å². The summed E-state index contributed by atoms with van der Waals surface area (Å²) in [6.45, 7) is 18.3. The van der Waals surface area contributed by atoms with Crippen LogP contribution in [-0.4, -0.2) is 190 Å². The molecule has 22 nitrogen and oxygen atoms in total. The van der Waals surface area contributed by atoms with Crippen molar-refractivity contribution in [3.63, 3.8) is 0 Å². The number of nitrogens with two attached hydrogens (primary N) is 2. The highest BCUT2D eigenvalue weighted by molar-refractivity contribution is 6.03. The van der Waals surface area contributed by atoms with E-state index in [1.54, 1.807) is 40.0 Å². The van der Waals surface area contributed by atoms with Gasteiger partial charge in [0.2, 0.25) is 35.4 Å². The highest BCUT2D eigenvalue weighted by atomic mass is 16.6. The van der Waals surface area contributed by atoms with Crippen molar-refractivity contribution in [3.8, 4) is 0 Å². The van der Waals surface area contributed by atoms with Crippen molar-refractivity contribution < 1.29 is 76.2 Å². The Labute approximate surface area is 440 Å². The van der Waals surface area contributed by atoms with E-state index in [4.69, 9.17) is 54.1 Å². The number of primary amides is 1. The van der Waals surface area contributed by atoms with Gasteiger partial charge >= 0.3 is 5.97 Å². The molecule has 1 aliphatic rings. The number of imide groups is 1. The van der Waals surface area contributed by atoms with Crippen LogP contribution in [0.1, 0.15) is 105 Å². The van der Waals surface area contributed by atoms with Crippen LogP contribution in [0, 0.1) is 11.8 Å². The minimum Gasteiger partial charge on any atom is -0.461 e. The van der Waals surface area contributed by atoms with Gasteiger partial charge in [0.15, 0.2) is 0 Å². The predicted octanol–water partition coefficient (Wildman–Crippen LogP) is 3.39. The molecule has 6 N–H and O–H groups in total. The van der Waals surface area contributed by atoms with E-state index in [0.717, 1.165) is 30.5 Å². The number of methoxy groups -OCH3 is 1. The first kappa shape index (κ1) is 69.3. The molecule has 22 heteroatoms. The Balaban J connectivity index is 0.00000201. The lowest BCUT2D eigenvalue weighted by atomic mass is 10.0. The van der Waals surface area contributed by atoms with E-state index < -0.39 is 17.9 Å². The zero-order chi connectivity index (χ0) is 55.2. The van der Waals surface area contributed by atoms with Gasteiger partial charge in [-0.3, -0.25) is 38.5 Å². The van der Waals surface area contributed by atoms with Gasteiger partial charge in [-0.25, -0.2) is 0 Å². The van der Waals surface area contributed by atoms with Gasteiger partial charge in [0.25, 0.3) is 0 Å². The number of nitrogens with one attached hydrogen (secondary N) is 2. The summed E-state index contributed by atoms with van der Waals surface area (Å²) in [4.78, 5) is 86.7. The van der Waals surface area contributed by atoms with Gasteiger partial charge < -0.3 is 69.6 Å². The summed E-state index contributed by atoms with van der Waals surface area (Å²) >= 11 is 0. The van der Waals surface area contributed by atoms with Gasteiger partial charge in [0.05, 0.1) is 106 Å². The topological polar surface area (TPSA) is 285 Å². The van der Waals surface area contributed by atoms with E-state index >= 15 is 0 Å². The number of nitrogens with zero attached hydrogens (tertiary/aromatic N) is 2. The fraction of sp³-hybridized carbons (Fsp3) is 0.750. The Morgan fingerprint density at radius 1 is 0.689 bits per heavy atom. The van der Waals surface area contributed by atoms with Gasteiger partial charge in [-0.2, -0.15) is 0 Å². The third-order valence-corrected chi connectivity index (χ3v) is 10.7. The summed E-state index contributed by atoms with van der Waals surface area (Å²) in [5, 5.41) is 5.45. The fourth-order valence-corrected chi connectivity index (χ4v) is 6.65. The number of carbonyl (C=O) groups excluding carboxylic acids is 7. The molecule has 426 valence electrons. The summed E-state index contributed by atoms with van der Waals surface area (Å²) in [5.74, 6) is -2.49. The fourth-order valence-electron chi connectivity index (χ4n) is 6.65. The second-order valence-corrected chi connectivity index (χ2v) is 17.2. The first-order valence-electron chi connectivity index (χ1n) is 26.2. The maximum Gasteiger partial charge on any atom is 0.302 e. The van der Waals surface area contributed by atoms with Crippen LogP contribution in [0.4, 0.5) is 5.69 Å². The number of benzene rings is 1. The van der Waals surface area contributed by atoms with Crippen molar-refractivity contribution in [3.05, 3.63) is 29.8 Å². The number of ether oxygens (including phenoxy) is 9. The Hall–Kier alpha value is -4.65. The third-order valence-electron chi connectivity index (χ3n) is 10.7. The van der Waals surface area contributed by atoms with E-state index in [1.807, 2.05) is 26.0 Å². The summed E-state index contributed by atoms with van der Waals surface area (Å²) in [6.07, 6.45) is 5.47. The zero-order valence-electron chi connectivity index (χ0n) is 45.6. The molecule has 6 amide bonds. The summed E-state index contributed by atoms with van der Waals surface area (Å²) in [7, 11) is 1.63. The number of unbranched alkanes of at least 4 members (excludes halogenated alkanes) is 4. The number of hydrogen-bond donors (Lipinski definition) is 4. The van der Waals surface area contributed by atoms with E-state index in [0.29, 0.717) is 125 Å². The summed E-state index contributed by atoms with van der Waals surface area (Å²) in [6, 6.07) is 6.40. The third kappa shape index (κ3) is 37.1. The molecule has 1 aromatic carbocycles. The molecule has 2 rings (SSSR count). The van der Waals surface area contributed by atoms with Gasteiger partial charge in [-0.15, -0.1) is 0 Å². The van der Waals surface area contributed by atoms with E-state index in [9.17, 15) is 33.6 Å². The maximum atomic E-state index is 13.1. The van der Waals surface area contributed by atoms with Crippen LogP contribution in [0.5, 0.6) is 0 Å². The largest absolute Gasteiger partial charge is 0.461 e. The number of esters is 1. The van der Waals surface area contributed by atoms with E-state index in [-0.39, 0.29) is 87.2 Å². The van der Waals surface area contributed by atoms with Crippen LogP contribution in [0.3, 0.4) is 0 Å². The minimum absolute atomic E-state index is 0.00903. The number of amides is 6. The van der Waals surface area contributed by atoms with Crippen molar-refractivity contribution in [2.24, 2.45) is 23.3 Å². The molecule has 0 radical (unpaired) electrons. The first-order chi connectivity index (χ1) is 35.7. The van der Waals surface area contributed by atoms with Crippen LogP contribution in [0.2, 0.25) is 0 Å². The highest BCUT2D eigenvalue weighted by Crippen LogP contribution is 2.19. The maximum absolute atomic E-state index is 13.1. The quantitative estimate of drug-likeness (QED) is 0.0414. The van der Waals surface area contributed by atoms with E-state index in [2.05, 4.69) is 10.6 Å². The molecule has 1 aliphatic heterocycles. The number of likely N-dealkylation sites (tertiary alicyclic amines) is 1. The van der Waals surface area contributed by atoms with Crippen LogP contribution in [0.25, 0.3) is 0 Å². The number of rotatable bonds is 43. The predicted molar refractivity (Wildman–Crippen MR) is 279 cm³/mol. The molecule has 0 aliphatic carbocycles. The summed E-state index contributed by atoms with van der Waals surface area (Å²) < 4.78 is 48.0. The average molecular weight is 1060 g/mol. The van der Waals surface area contributed by atoms with Gasteiger partial charge in [-0.1, -0.05) is 59.6 Å². The van der Waals surface area contributed by atoms with Crippen molar-refractivity contribution in [2.75, 3.05) is 138 Å². The number of anilines is 1. The first-order valence-corrected chi connectivity index (χ1v) is 26.2. The van der Waals surface area contributed by atoms with Crippen molar-refractivity contribution in [1.29, 1.82) is 0 Å². The monoisotopic (exact) mass is 1060 g/mol. The highest BCUT2D eigenvalue weighted by Gasteiger charge is 2.34. The Morgan fingerprint density at radius 2 is 1.18 bits per heavy atom. The summed E-state index contributed by atoms with van der Waals surface area (Å²) in [5.41, 5.74) is 12.5. The molecule has 1 fully saturated rings. The van der Waals surface area contributed by atoms with Crippen LogP contribution < -0.4 is 22.1 Å². The Bertz CT molecular complexity index is 1660. The molecule has 0 spiro atoms. The smallest absolute Gasteiger partial charge is 0.302 e. The zero-order valence-corrected chi connectivity index (χ0v) is 45.6. The lowest BCUT2D eigenvalue weighted by Gasteiger charge is -2.25. The Kier molecular flexibility index (Phi) is 43.9.